The number of rotatable bonds is 8. The van der Waals surface area contributed by atoms with Crippen molar-refractivity contribution in [3.05, 3.63) is 101 Å². The van der Waals surface area contributed by atoms with Crippen molar-refractivity contribution in [2.75, 3.05) is 30.4 Å². The van der Waals surface area contributed by atoms with E-state index in [1.165, 1.54) is 12.1 Å². The van der Waals surface area contributed by atoms with Crippen molar-refractivity contribution < 1.29 is 18.7 Å². The number of hydrogen-bond donors (Lipinski definition) is 4. The minimum atomic E-state index is -0.485. The van der Waals surface area contributed by atoms with E-state index < -0.39 is 5.60 Å². The van der Waals surface area contributed by atoms with Gasteiger partial charge in [0.25, 0.3) is 0 Å². The van der Waals surface area contributed by atoms with Gasteiger partial charge in [-0.15, -0.1) is 0 Å². The van der Waals surface area contributed by atoms with Gasteiger partial charge in [-0.05, 0) is 98.8 Å². The van der Waals surface area contributed by atoms with E-state index in [2.05, 4.69) is 45.2 Å². The first-order chi connectivity index (χ1) is 22.6. The topological polar surface area (TPSA) is 103 Å². The van der Waals surface area contributed by atoms with Crippen LogP contribution < -0.4 is 20.7 Å². The minimum absolute atomic E-state index is 0.213. The lowest BCUT2D eigenvalue weighted by Gasteiger charge is -2.33. The van der Waals surface area contributed by atoms with Gasteiger partial charge in [0.2, 0.25) is 0 Å². The standard InChI is InChI=1S/C36H40ClFN6O3/c1-36(2,3)47-35(45)44-13-11-27(12-14-44)40-20-29-16-25(19-39-29)24-7-9-32-30(17-24)34(42-22-41-32)43-28-8-10-33(31(37)18-28)46-21-23-5-4-6-26(38)15-23/h4-10,15-19,27,39-41H,11-14,20-22H2,1-3H3,(H,42,43). The summed E-state index contributed by atoms with van der Waals surface area (Å²) in [5, 5.41) is 10.8. The molecule has 1 amide bonds. The van der Waals surface area contributed by atoms with Crippen LogP contribution in [0.3, 0.4) is 0 Å². The van der Waals surface area contributed by atoms with Gasteiger partial charge in [-0.25, -0.2) is 14.2 Å². The summed E-state index contributed by atoms with van der Waals surface area (Å²) in [7, 11) is 0. The quantitative estimate of drug-likeness (QED) is 0.154. The smallest absolute Gasteiger partial charge is 0.410 e. The van der Waals surface area contributed by atoms with Crippen LogP contribution >= 0.6 is 11.6 Å². The maximum atomic E-state index is 13.5. The summed E-state index contributed by atoms with van der Waals surface area (Å²) in [5.74, 6) is 0.947. The Labute approximate surface area is 279 Å². The van der Waals surface area contributed by atoms with Crippen molar-refractivity contribution in [1.29, 1.82) is 0 Å². The molecule has 11 heteroatoms. The Hall–Kier alpha value is -4.54. The molecule has 47 heavy (non-hydrogen) atoms. The summed E-state index contributed by atoms with van der Waals surface area (Å²) in [6, 6.07) is 20.6. The first kappa shape index (κ1) is 32.4. The molecule has 0 saturated carbocycles. The molecule has 0 atom stereocenters. The van der Waals surface area contributed by atoms with E-state index in [-0.39, 0.29) is 18.5 Å². The third-order valence-electron chi connectivity index (χ3n) is 8.06. The molecule has 3 aromatic carbocycles. The predicted molar refractivity (Wildman–Crippen MR) is 185 cm³/mol. The zero-order chi connectivity index (χ0) is 33.0. The summed E-state index contributed by atoms with van der Waals surface area (Å²) < 4.78 is 24.9. The van der Waals surface area contributed by atoms with Crippen LogP contribution in [0.1, 0.15) is 50.4 Å². The molecule has 1 fully saturated rings. The lowest BCUT2D eigenvalue weighted by molar-refractivity contribution is 0.0198. The Bertz CT molecular complexity index is 1760. The lowest BCUT2D eigenvalue weighted by Crippen LogP contribution is -2.46. The highest BCUT2D eigenvalue weighted by Crippen LogP contribution is 2.32. The van der Waals surface area contributed by atoms with Gasteiger partial charge in [0, 0.05) is 54.5 Å². The van der Waals surface area contributed by atoms with Crippen LogP contribution in [0.4, 0.5) is 20.6 Å². The highest BCUT2D eigenvalue weighted by molar-refractivity contribution is 6.32. The van der Waals surface area contributed by atoms with Crippen LogP contribution in [0.2, 0.25) is 5.02 Å². The third-order valence-corrected chi connectivity index (χ3v) is 8.36. The highest BCUT2D eigenvalue weighted by atomic mass is 35.5. The molecular weight excluding hydrogens is 619 g/mol. The van der Waals surface area contributed by atoms with Crippen molar-refractivity contribution in [3.8, 4) is 16.9 Å². The number of benzene rings is 3. The summed E-state index contributed by atoms with van der Waals surface area (Å²) in [4.78, 5) is 22.3. The van der Waals surface area contributed by atoms with E-state index in [1.807, 2.05) is 33.0 Å². The maximum absolute atomic E-state index is 13.5. The third kappa shape index (κ3) is 8.44. The average molecular weight is 659 g/mol. The molecule has 2 aliphatic rings. The van der Waals surface area contributed by atoms with Crippen molar-refractivity contribution in [2.24, 2.45) is 4.99 Å². The number of nitrogens with zero attached hydrogens (tertiary/aromatic N) is 2. The first-order valence-electron chi connectivity index (χ1n) is 15.9. The highest BCUT2D eigenvalue weighted by Gasteiger charge is 2.26. The normalized spacial score (nSPS) is 15.0. The molecule has 4 aromatic rings. The summed E-state index contributed by atoms with van der Waals surface area (Å²) >= 11 is 6.55. The number of halogens is 2. The number of hydrogen-bond acceptors (Lipinski definition) is 7. The van der Waals surface area contributed by atoms with E-state index in [1.54, 1.807) is 29.2 Å². The van der Waals surface area contributed by atoms with E-state index in [0.717, 1.165) is 58.0 Å². The van der Waals surface area contributed by atoms with E-state index in [9.17, 15) is 9.18 Å². The zero-order valence-corrected chi connectivity index (χ0v) is 27.6. The van der Waals surface area contributed by atoms with Gasteiger partial charge < -0.3 is 35.3 Å². The number of likely N-dealkylation sites (tertiary alicyclic amines) is 1. The molecule has 0 radical (unpaired) electrons. The molecule has 2 aliphatic heterocycles. The van der Waals surface area contributed by atoms with Crippen LogP contribution in [-0.4, -0.2) is 53.2 Å². The number of H-pyrrole nitrogens is 1. The largest absolute Gasteiger partial charge is 0.487 e. The molecule has 0 unspecified atom stereocenters. The lowest BCUT2D eigenvalue weighted by atomic mass is 10.0. The number of aliphatic imine (C=N–C) groups is 1. The molecule has 6 rings (SSSR count). The second kappa shape index (κ2) is 14.1. The Morgan fingerprint density at radius 3 is 2.66 bits per heavy atom. The molecule has 4 N–H and O–H groups in total. The minimum Gasteiger partial charge on any atom is -0.487 e. The molecular formula is C36H40ClFN6O3. The number of amides is 1. The SMILES string of the molecule is CC(C)(C)OC(=O)N1CCC(NCc2cc(-c3ccc4c(c3)C(Nc3ccc(OCc5cccc(F)c5)c(Cl)c3)=NCN4)c[nH]2)CC1. The average Bonchev–Trinajstić information content (AvgIpc) is 3.52. The van der Waals surface area contributed by atoms with Crippen molar-refractivity contribution in [1.82, 2.24) is 15.2 Å². The van der Waals surface area contributed by atoms with Crippen LogP contribution in [0.5, 0.6) is 5.75 Å². The monoisotopic (exact) mass is 658 g/mol. The van der Waals surface area contributed by atoms with Gasteiger partial charge in [0.15, 0.2) is 0 Å². The molecule has 1 aromatic heterocycles. The Balaban J connectivity index is 1.05. The van der Waals surface area contributed by atoms with E-state index in [4.69, 9.17) is 26.1 Å². The number of piperidine rings is 1. The molecule has 1 saturated heterocycles. The number of ether oxygens (including phenoxy) is 2. The number of aromatic amines is 1. The van der Waals surface area contributed by atoms with Gasteiger partial charge in [-0.3, -0.25) is 0 Å². The number of anilines is 2. The second-order valence-electron chi connectivity index (χ2n) is 12.8. The number of nitrogens with one attached hydrogen (secondary N) is 4. The molecule has 0 spiro atoms. The molecule has 3 heterocycles. The first-order valence-corrected chi connectivity index (χ1v) is 16.2. The number of amidine groups is 1. The number of fused-ring (bicyclic) bond motifs is 1. The maximum Gasteiger partial charge on any atom is 0.410 e. The van der Waals surface area contributed by atoms with Crippen molar-refractivity contribution >= 4 is 34.9 Å². The van der Waals surface area contributed by atoms with Crippen LogP contribution in [0.25, 0.3) is 11.1 Å². The fraction of sp³-hybridized carbons (Fsp3) is 0.333. The molecule has 0 aliphatic carbocycles. The van der Waals surface area contributed by atoms with Gasteiger partial charge in [0.1, 0.15) is 36.3 Å². The van der Waals surface area contributed by atoms with Gasteiger partial charge in [-0.2, -0.15) is 0 Å². The summed E-state index contributed by atoms with van der Waals surface area (Å²) in [5.41, 5.74) is 6.19. The molecule has 9 nitrogen and oxygen atoms in total. The van der Waals surface area contributed by atoms with Gasteiger partial charge in [0.05, 0.1) is 5.02 Å². The number of aromatic nitrogens is 1. The second-order valence-corrected chi connectivity index (χ2v) is 13.2. The zero-order valence-electron chi connectivity index (χ0n) is 26.8. The fourth-order valence-electron chi connectivity index (χ4n) is 5.65. The van der Waals surface area contributed by atoms with Crippen LogP contribution in [0.15, 0.2) is 77.9 Å². The Morgan fingerprint density at radius 2 is 1.89 bits per heavy atom. The predicted octanol–water partition coefficient (Wildman–Crippen LogP) is 7.78. The van der Waals surface area contributed by atoms with Gasteiger partial charge in [-0.1, -0.05) is 29.8 Å². The number of carbonyl (C=O) groups excluding carboxylic acids is 1. The Kier molecular flexibility index (Phi) is 9.70. The van der Waals surface area contributed by atoms with E-state index in [0.29, 0.717) is 43.1 Å². The van der Waals surface area contributed by atoms with Gasteiger partial charge >= 0.3 is 6.09 Å². The number of carbonyl (C=O) groups is 1. The Morgan fingerprint density at radius 1 is 1.06 bits per heavy atom. The van der Waals surface area contributed by atoms with Crippen molar-refractivity contribution in [2.45, 2.75) is 58.4 Å². The van der Waals surface area contributed by atoms with Crippen LogP contribution in [0, 0.1) is 5.82 Å². The van der Waals surface area contributed by atoms with Crippen molar-refractivity contribution in [3.63, 3.8) is 0 Å². The molecule has 246 valence electrons. The fourth-order valence-corrected chi connectivity index (χ4v) is 5.88. The summed E-state index contributed by atoms with van der Waals surface area (Å²) in [6.45, 7) is 8.41. The van der Waals surface area contributed by atoms with E-state index >= 15 is 0 Å². The molecule has 0 bridgehead atoms. The summed E-state index contributed by atoms with van der Waals surface area (Å²) in [6.07, 6.45) is 3.55. The van der Waals surface area contributed by atoms with Crippen LogP contribution in [-0.2, 0) is 17.9 Å².